The van der Waals surface area contributed by atoms with E-state index in [1.807, 2.05) is 0 Å². The van der Waals surface area contributed by atoms with Crippen molar-refractivity contribution >= 4 is 23.3 Å². The van der Waals surface area contributed by atoms with Crippen molar-refractivity contribution in [1.82, 2.24) is 4.98 Å². The Bertz CT molecular complexity index is 384. The molecule has 0 saturated carbocycles. The molecule has 18 heavy (non-hydrogen) atoms. The van der Waals surface area contributed by atoms with Crippen LogP contribution in [-0.4, -0.2) is 17.4 Å². The maximum Gasteiger partial charge on any atom is 0.225 e. The van der Waals surface area contributed by atoms with E-state index in [1.165, 1.54) is 0 Å². The van der Waals surface area contributed by atoms with Crippen LogP contribution >= 0.6 is 11.6 Å². The number of nitrogens with two attached hydrogens (primary N) is 1. The molecule has 0 bridgehead atoms. The summed E-state index contributed by atoms with van der Waals surface area (Å²) in [6.07, 6.45) is 3.38. The third kappa shape index (κ3) is 5.47. The zero-order valence-electron chi connectivity index (χ0n) is 10.7. The van der Waals surface area contributed by atoms with E-state index in [9.17, 15) is 4.79 Å². The minimum absolute atomic E-state index is 0.0276. The highest BCUT2D eigenvalue weighted by atomic mass is 35.5. The van der Waals surface area contributed by atoms with Gasteiger partial charge in [-0.3, -0.25) is 4.79 Å². The highest BCUT2D eigenvalue weighted by Gasteiger charge is 2.09. The number of nitrogens with zero attached hydrogens (tertiary/aromatic N) is 1. The van der Waals surface area contributed by atoms with Crippen LogP contribution < -0.4 is 11.1 Å². The van der Waals surface area contributed by atoms with Crippen molar-refractivity contribution in [3.63, 3.8) is 0 Å². The lowest BCUT2D eigenvalue weighted by Crippen LogP contribution is -2.15. The molecule has 1 atom stereocenters. The van der Waals surface area contributed by atoms with E-state index in [1.54, 1.807) is 18.2 Å². The molecule has 1 aromatic rings. The molecule has 0 aliphatic carbocycles. The maximum atomic E-state index is 11.7. The molecular weight excluding hydrogens is 250 g/mol. The predicted octanol–water partition coefficient (Wildman–Crippen LogP) is 2.83. The summed E-state index contributed by atoms with van der Waals surface area (Å²) in [5.74, 6) is 0.993. The van der Waals surface area contributed by atoms with Crippen molar-refractivity contribution in [3.05, 3.63) is 23.4 Å². The average Bonchev–Trinajstić information content (AvgIpc) is 2.34. The average molecular weight is 270 g/mol. The summed E-state index contributed by atoms with van der Waals surface area (Å²) < 4.78 is 0. The third-order valence-electron chi connectivity index (χ3n) is 2.91. The fraction of sp³-hybridized carbons (Fsp3) is 0.538. The lowest BCUT2D eigenvalue weighted by Gasteiger charge is -2.12. The number of carbonyl (C=O) groups excluding carboxylic acids is 1. The molecule has 1 amide bonds. The van der Waals surface area contributed by atoms with E-state index >= 15 is 0 Å². The Kier molecular flexibility index (Phi) is 6.68. The highest BCUT2D eigenvalue weighted by molar-refractivity contribution is 6.29. The van der Waals surface area contributed by atoms with E-state index in [0.29, 0.717) is 29.9 Å². The molecule has 5 heteroatoms. The van der Waals surface area contributed by atoms with Gasteiger partial charge in [-0.1, -0.05) is 31.0 Å². The van der Waals surface area contributed by atoms with Crippen molar-refractivity contribution in [2.75, 3.05) is 11.9 Å². The largest absolute Gasteiger partial charge is 0.330 e. The summed E-state index contributed by atoms with van der Waals surface area (Å²) in [5, 5.41) is 3.12. The Morgan fingerprint density at radius 1 is 1.50 bits per heavy atom. The zero-order valence-corrected chi connectivity index (χ0v) is 11.4. The van der Waals surface area contributed by atoms with E-state index in [0.717, 1.165) is 19.3 Å². The van der Waals surface area contributed by atoms with Gasteiger partial charge in [0.05, 0.1) is 0 Å². The van der Waals surface area contributed by atoms with Gasteiger partial charge in [0, 0.05) is 6.42 Å². The first-order chi connectivity index (χ1) is 8.65. The van der Waals surface area contributed by atoms with Gasteiger partial charge in [-0.2, -0.15) is 0 Å². The quantitative estimate of drug-likeness (QED) is 0.748. The number of amides is 1. The van der Waals surface area contributed by atoms with Gasteiger partial charge in [0.25, 0.3) is 0 Å². The normalized spacial score (nSPS) is 12.2. The minimum atomic E-state index is -0.0276. The molecule has 1 aromatic heterocycles. The summed E-state index contributed by atoms with van der Waals surface area (Å²) in [4.78, 5) is 15.7. The Morgan fingerprint density at radius 3 is 2.89 bits per heavy atom. The molecule has 0 saturated heterocycles. The number of nitrogens with one attached hydrogen (secondary N) is 1. The van der Waals surface area contributed by atoms with Crippen LogP contribution in [0.15, 0.2) is 18.2 Å². The first kappa shape index (κ1) is 14.9. The Morgan fingerprint density at radius 2 is 2.28 bits per heavy atom. The summed E-state index contributed by atoms with van der Waals surface area (Å²) in [7, 11) is 0. The summed E-state index contributed by atoms with van der Waals surface area (Å²) in [6, 6.07) is 5.15. The second-order valence-corrected chi connectivity index (χ2v) is 4.67. The number of halogens is 1. The molecule has 0 aromatic carbocycles. The molecule has 1 rings (SSSR count). The summed E-state index contributed by atoms with van der Waals surface area (Å²) in [6.45, 7) is 2.80. The molecule has 0 aliphatic rings. The molecule has 3 N–H and O–H groups in total. The fourth-order valence-electron chi connectivity index (χ4n) is 1.81. The number of anilines is 1. The number of pyridine rings is 1. The summed E-state index contributed by atoms with van der Waals surface area (Å²) >= 11 is 5.74. The lowest BCUT2D eigenvalue weighted by molar-refractivity contribution is -0.116. The van der Waals surface area contributed by atoms with Crippen LogP contribution in [0, 0.1) is 5.92 Å². The lowest BCUT2D eigenvalue weighted by atomic mass is 9.96. The number of hydrogen-bond donors (Lipinski definition) is 2. The standard InChI is InChI=1S/C13H20ClN3O/c1-2-10(8-9-15)6-7-13(18)17-12-5-3-4-11(14)16-12/h3-5,10H,2,6-9,15H2,1H3,(H,16,17,18). The first-order valence-electron chi connectivity index (χ1n) is 6.28. The van der Waals surface area contributed by atoms with Gasteiger partial charge < -0.3 is 11.1 Å². The Labute approximate surface area is 113 Å². The minimum Gasteiger partial charge on any atom is -0.330 e. The number of aromatic nitrogens is 1. The van der Waals surface area contributed by atoms with Crippen molar-refractivity contribution in [3.8, 4) is 0 Å². The maximum absolute atomic E-state index is 11.7. The van der Waals surface area contributed by atoms with Crippen molar-refractivity contribution in [1.29, 1.82) is 0 Å². The van der Waals surface area contributed by atoms with Crippen LogP contribution in [0.2, 0.25) is 5.15 Å². The van der Waals surface area contributed by atoms with Gasteiger partial charge in [0.2, 0.25) is 5.91 Å². The Balaban J connectivity index is 2.37. The monoisotopic (exact) mass is 269 g/mol. The van der Waals surface area contributed by atoms with E-state index < -0.39 is 0 Å². The molecular formula is C13H20ClN3O. The van der Waals surface area contributed by atoms with E-state index in [4.69, 9.17) is 17.3 Å². The van der Waals surface area contributed by atoms with Crippen LogP contribution in [-0.2, 0) is 4.79 Å². The van der Waals surface area contributed by atoms with Gasteiger partial charge in [0.1, 0.15) is 11.0 Å². The van der Waals surface area contributed by atoms with E-state index in [-0.39, 0.29) is 5.91 Å². The van der Waals surface area contributed by atoms with Gasteiger partial charge in [-0.25, -0.2) is 4.98 Å². The molecule has 1 unspecified atom stereocenters. The van der Waals surface area contributed by atoms with Crippen LogP contribution in [0.3, 0.4) is 0 Å². The van der Waals surface area contributed by atoms with Crippen LogP contribution in [0.4, 0.5) is 5.82 Å². The van der Waals surface area contributed by atoms with Crippen molar-refractivity contribution < 1.29 is 4.79 Å². The highest BCUT2D eigenvalue weighted by Crippen LogP contribution is 2.15. The second-order valence-electron chi connectivity index (χ2n) is 4.28. The first-order valence-corrected chi connectivity index (χ1v) is 6.66. The number of hydrogen-bond acceptors (Lipinski definition) is 3. The molecule has 0 radical (unpaired) electrons. The molecule has 4 nitrogen and oxygen atoms in total. The van der Waals surface area contributed by atoms with Crippen LogP contribution in [0.1, 0.15) is 32.6 Å². The number of carbonyl (C=O) groups is 1. The van der Waals surface area contributed by atoms with E-state index in [2.05, 4.69) is 17.2 Å². The van der Waals surface area contributed by atoms with Gasteiger partial charge in [-0.05, 0) is 37.4 Å². The van der Waals surface area contributed by atoms with Gasteiger partial charge >= 0.3 is 0 Å². The molecule has 100 valence electrons. The topological polar surface area (TPSA) is 68.0 Å². The second kappa shape index (κ2) is 8.06. The predicted molar refractivity (Wildman–Crippen MR) is 74.6 cm³/mol. The van der Waals surface area contributed by atoms with Gasteiger partial charge in [-0.15, -0.1) is 0 Å². The van der Waals surface area contributed by atoms with Gasteiger partial charge in [0.15, 0.2) is 0 Å². The molecule has 0 spiro atoms. The fourth-order valence-corrected chi connectivity index (χ4v) is 1.97. The van der Waals surface area contributed by atoms with Crippen molar-refractivity contribution in [2.24, 2.45) is 11.7 Å². The van der Waals surface area contributed by atoms with Crippen LogP contribution in [0.5, 0.6) is 0 Å². The Hall–Kier alpha value is -1.13. The van der Waals surface area contributed by atoms with Crippen molar-refractivity contribution in [2.45, 2.75) is 32.6 Å². The smallest absolute Gasteiger partial charge is 0.225 e. The molecule has 0 aliphatic heterocycles. The SMILES string of the molecule is CCC(CCN)CCC(=O)Nc1cccc(Cl)n1. The molecule has 0 fully saturated rings. The summed E-state index contributed by atoms with van der Waals surface area (Å²) in [5.41, 5.74) is 5.53. The molecule has 1 heterocycles. The number of rotatable bonds is 7. The third-order valence-corrected chi connectivity index (χ3v) is 3.13. The van der Waals surface area contributed by atoms with Crippen LogP contribution in [0.25, 0.3) is 0 Å². The zero-order chi connectivity index (χ0) is 13.4.